The summed E-state index contributed by atoms with van der Waals surface area (Å²) in [5, 5.41) is 12.1. The number of nitrogens with zero attached hydrogens (tertiary/aromatic N) is 4. The highest BCUT2D eigenvalue weighted by Crippen LogP contribution is 2.15. The molecule has 0 aliphatic heterocycles. The lowest BCUT2D eigenvalue weighted by atomic mass is 10.2. The van der Waals surface area contributed by atoms with E-state index in [4.69, 9.17) is 4.42 Å². The van der Waals surface area contributed by atoms with Gasteiger partial charge in [0.1, 0.15) is 17.2 Å². The number of anilines is 1. The Bertz CT molecular complexity index is 795. The molecule has 1 N–H and O–H groups in total. The highest BCUT2D eigenvalue weighted by atomic mass is 16.3. The summed E-state index contributed by atoms with van der Waals surface area (Å²) in [6, 6.07) is 13.5. The van der Waals surface area contributed by atoms with Crippen molar-refractivity contribution in [1.82, 2.24) is 15.2 Å². The molecule has 6 nitrogen and oxygen atoms in total. The van der Waals surface area contributed by atoms with Gasteiger partial charge in [-0.25, -0.2) is 10.4 Å². The Morgan fingerprint density at radius 1 is 1.14 bits per heavy atom. The predicted octanol–water partition coefficient (Wildman–Crippen LogP) is 3.28. The van der Waals surface area contributed by atoms with Crippen molar-refractivity contribution in [3.05, 3.63) is 60.2 Å². The molecule has 0 saturated carbocycles. The van der Waals surface area contributed by atoms with E-state index < -0.39 is 0 Å². The van der Waals surface area contributed by atoms with Crippen molar-refractivity contribution < 1.29 is 4.42 Å². The van der Waals surface area contributed by atoms with Crippen molar-refractivity contribution in [3.63, 3.8) is 0 Å². The van der Waals surface area contributed by atoms with E-state index in [-0.39, 0.29) is 0 Å². The largest absolute Gasteiger partial charge is 0.460 e. The summed E-state index contributed by atoms with van der Waals surface area (Å²) in [6.45, 7) is 3.74. The minimum Gasteiger partial charge on any atom is -0.460 e. The third-order valence-electron chi connectivity index (χ3n) is 3.05. The molecule has 2 aromatic heterocycles. The van der Waals surface area contributed by atoms with Crippen molar-refractivity contribution >= 4 is 11.7 Å². The molecule has 3 aromatic rings. The zero-order chi connectivity index (χ0) is 15.4. The van der Waals surface area contributed by atoms with Gasteiger partial charge in [-0.05, 0) is 26.0 Å². The Hall–Kier alpha value is -3.02. The van der Waals surface area contributed by atoms with Crippen LogP contribution in [0, 0.1) is 6.92 Å². The van der Waals surface area contributed by atoms with Gasteiger partial charge >= 0.3 is 0 Å². The smallest absolute Gasteiger partial charge is 0.263 e. The molecular weight excluding hydrogens is 278 g/mol. The number of rotatable bonds is 4. The van der Waals surface area contributed by atoms with Crippen LogP contribution in [0.1, 0.15) is 18.4 Å². The highest BCUT2D eigenvalue weighted by molar-refractivity contribution is 5.96. The van der Waals surface area contributed by atoms with Gasteiger partial charge in [-0.2, -0.15) is 10.2 Å². The second kappa shape index (κ2) is 6.17. The average molecular weight is 293 g/mol. The van der Waals surface area contributed by atoms with Crippen LogP contribution in [-0.4, -0.2) is 20.9 Å². The van der Waals surface area contributed by atoms with Gasteiger partial charge in [-0.3, -0.25) is 0 Å². The quantitative estimate of drug-likeness (QED) is 0.590. The zero-order valence-corrected chi connectivity index (χ0v) is 12.3. The molecular formula is C16H15N5O. The Balaban J connectivity index is 1.79. The van der Waals surface area contributed by atoms with E-state index in [1.807, 2.05) is 56.3 Å². The molecule has 0 amide bonds. The van der Waals surface area contributed by atoms with Gasteiger partial charge in [0.15, 0.2) is 0 Å². The number of benzene rings is 1. The highest BCUT2D eigenvalue weighted by Gasteiger charge is 2.05. The molecule has 2 heterocycles. The number of aromatic nitrogens is 3. The van der Waals surface area contributed by atoms with Gasteiger partial charge in [-0.15, -0.1) is 5.10 Å². The molecule has 0 atom stereocenters. The summed E-state index contributed by atoms with van der Waals surface area (Å²) in [6.07, 6.45) is 1.62. The Morgan fingerprint density at radius 3 is 2.68 bits per heavy atom. The third kappa shape index (κ3) is 3.17. The van der Waals surface area contributed by atoms with Crippen LogP contribution in [0.2, 0.25) is 0 Å². The van der Waals surface area contributed by atoms with Gasteiger partial charge in [-0.1, -0.05) is 30.3 Å². The van der Waals surface area contributed by atoms with Gasteiger partial charge in [0.25, 0.3) is 5.95 Å². The van der Waals surface area contributed by atoms with E-state index in [1.54, 1.807) is 6.20 Å². The topological polar surface area (TPSA) is 76.2 Å². The fourth-order valence-electron chi connectivity index (χ4n) is 1.92. The first-order valence-electron chi connectivity index (χ1n) is 6.84. The van der Waals surface area contributed by atoms with Crippen molar-refractivity contribution in [1.29, 1.82) is 0 Å². The molecule has 1 aromatic carbocycles. The summed E-state index contributed by atoms with van der Waals surface area (Å²) in [7, 11) is 0. The summed E-state index contributed by atoms with van der Waals surface area (Å²) >= 11 is 0. The summed E-state index contributed by atoms with van der Waals surface area (Å²) in [5.74, 6) is 1.88. The van der Waals surface area contributed by atoms with Crippen LogP contribution >= 0.6 is 0 Å². The molecule has 0 radical (unpaired) electrons. The molecule has 0 spiro atoms. The second-order valence-electron chi connectivity index (χ2n) is 4.75. The molecule has 0 unspecified atom stereocenters. The maximum atomic E-state index is 5.50. The Morgan fingerprint density at radius 2 is 1.95 bits per heavy atom. The number of hydrogen-bond donors (Lipinski definition) is 1. The molecule has 0 bridgehead atoms. The van der Waals surface area contributed by atoms with Gasteiger partial charge < -0.3 is 4.42 Å². The maximum Gasteiger partial charge on any atom is 0.263 e. The standard InChI is InChI=1S/C16H15N5O/c1-11-8-9-15(22-11)12(2)19-21-16-18-14(10-17-20-16)13-6-4-3-5-7-13/h3-10H,1-2H3,(H,18,20,21)/b19-12+. The van der Waals surface area contributed by atoms with Crippen LogP contribution in [-0.2, 0) is 0 Å². The van der Waals surface area contributed by atoms with E-state index in [0.29, 0.717) is 17.4 Å². The van der Waals surface area contributed by atoms with Gasteiger partial charge in [0.05, 0.1) is 11.9 Å². The first-order chi connectivity index (χ1) is 10.7. The van der Waals surface area contributed by atoms with E-state index in [0.717, 1.165) is 17.0 Å². The maximum absolute atomic E-state index is 5.50. The lowest BCUT2D eigenvalue weighted by Gasteiger charge is -2.02. The fourth-order valence-corrected chi connectivity index (χ4v) is 1.92. The first-order valence-corrected chi connectivity index (χ1v) is 6.84. The van der Waals surface area contributed by atoms with E-state index in [2.05, 4.69) is 25.7 Å². The summed E-state index contributed by atoms with van der Waals surface area (Å²) in [5.41, 5.74) is 5.23. The van der Waals surface area contributed by atoms with Gasteiger partial charge in [0.2, 0.25) is 0 Å². The molecule has 6 heteroatoms. The van der Waals surface area contributed by atoms with Crippen molar-refractivity contribution in [2.75, 3.05) is 5.43 Å². The first kappa shape index (κ1) is 13.9. The monoisotopic (exact) mass is 293 g/mol. The van der Waals surface area contributed by atoms with E-state index in [1.165, 1.54) is 0 Å². The zero-order valence-electron chi connectivity index (χ0n) is 12.3. The Labute approximate surface area is 127 Å². The second-order valence-corrected chi connectivity index (χ2v) is 4.75. The lowest BCUT2D eigenvalue weighted by Crippen LogP contribution is -2.03. The van der Waals surface area contributed by atoms with Gasteiger partial charge in [0, 0.05) is 5.56 Å². The molecule has 0 fully saturated rings. The van der Waals surface area contributed by atoms with E-state index in [9.17, 15) is 0 Å². The third-order valence-corrected chi connectivity index (χ3v) is 3.05. The van der Waals surface area contributed by atoms with E-state index >= 15 is 0 Å². The molecule has 0 saturated heterocycles. The van der Waals surface area contributed by atoms with Crippen molar-refractivity contribution in [3.8, 4) is 11.3 Å². The molecule has 22 heavy (non-hydrogen) atoms. The molecule has 0 aliphatic rings. The van der Waals surface area contributed by atoms with Crippen molar-refractivity contribution in [2.24, 2.45) is 5.10 Å². The minimum atomic E-state index is 0.337. The van der Waals surface area contributed by atoms with Crippen LogP contribution < -0.4 is 5.43 Å². The van der Waals surface area contributed by atoms with Crippen LogP contribution in [0.25, 0.3) is 11.3 Å². The van der Waals surface area contributed by atoms with Crippen LogP contribution in [0.5, 0.6) is 0 Å². The number of nitrogens with one attached hydrogen (secondary N) is 1. The van der Waals surface area contributed by atoms with Crippen LogP contribution in [0.4, 0.5) is 5.95 Å². The van der Waals surface area contributed by atoms with Crippen LogP contribution in [0.3, 0.4) is 0 Å². The number of furan rings is 1. The van der Waals surface area contributed by atoms with Crippen molar-refractivity contribution in [2.45, 2.75) is 13.8 Å². The molecule has 3 rings (SSSR count). The Kier molecular flexibility index (Phi) is 3.91. The summed E-state index contributed by atoms with van der Waals surface area (Å²) < 4.78 is 5.50. The summed E-state index contributed by atoms with van der Waals surface area (Å²) in [4.78, 5) is 4.39. The average Bonchev–Trinajstić information content (AvgIpc) is 3.00. The number of hydrogen-bond acceptors (Lipinski definition) is 6. The molecule has 110 valence electrons. The van der Waals surface area contributed by atoms with Crippen LogP contribution in [0.15, 0.2) is 58.2 Å². The normalized spacial score (nSPS) is 11.5. The number of hydrazone groups is 1. The minimum absolute atomic E-state index is 0.337. The molecule has 0 aliphatic carbocycles. The fraction of sp³-hybridized carbons (Fsp3) is 0.125. The predicted molar refractivity (Wildman–Crippen MR) is 84.5 cm³/mol. The lowest BCUT2D eigenvalue weighted by molar-refractivity contribution is 0.525. The number of aryl methyl sites for hydroxylation is 1. The SMILES string of the molecule is C/C(=N\Nc1nncc(-c2ccccc2)n1)c1ccc(C)o1.